The fraction of sp³-hybridized carbons (Fsp3) is 0.474. The predicted molar refractivity (Wildman–Crippen MR) is 96.4 cm³/mol. The van der Waals surface area contributed by atoms with Crippen LogP contribution in [0.4, 0.5) is 5.69 Å². The summed E-state index contributed by atoms with van der Waals surface area (Å²) < 4.78 is 16.8. The van der Waals surface area contributed by atoms with Crippen LogP contribution in [-0.4, -0.2) is 50.4 Å². The van der Waals surface area contributed by atoms with Crippen molar-refractivity contribution in [3.8, 4) is 5.75 Å². The third-order valence-corrected chi connectivity index (χ3v) is 4.29. The van der Waals surface area contributed by atoms with Crippen molar-refractivity contribution in [1.82, 2.24) is 5.32 Å². The maximum absolute atomic E-state index is 12.6. The summed E-state index contributed by atoms with van der Waals surface area (Å²) in [5, 5.41) is 5.69. The van der Waals surface area contributed by atoms with Crippen LogP contribution in [0.1, 0.15) is 30.6 Å². The standard InChI is InChI=1S/C19H24N2O5/c1-12(2)5-8-25-16-6-7-24-10-15(16)21-19(23)13-3-4-14-17(9-13)26-11-18(22)20-14/h3-5,9,15-16H,6-8,10-11H2,1-2H3,(H,20,22)(H,21,23)/t15-,16+/m0/s1. The molecule has 1 saturated heterocycles. The van der Waals surface area contributed by atoms with Crippen LogP contribution in [0, 0.1) is 0 Å². The lowest BCUT2D eigenvalue weighted by molar-refractivity contribution is -0.118. The summed E-state index contributed by atoms with van der Waals surface area (Å²) in [6.07, 6.45) is 2.67. The predicted octanol–water partition coefficient (Wildman–Crippen LogP) is 1.89. The number of hydrogen-bond acceptors (Lipinski definition) is 5. The van der Waals surface area contributed by atoms with Gasteiger partial charge in [0, 0.05) is 12.2 Å². The number of rotatable bonds is 5. The minimum absolute atomic E-state index is 0.0468. The Morgan fingerprint density at radius 3 is 3.08 bits per heavy atom. The molecule has 2 heterocycles. The Balaban J connectivity index is 1.64. The molecule has 7 nitrogen and oxygen atoms in total. The molecule has 2 aliphatic heterocycles. The van der Waals surface area contributed by atoms with Crippen molar-refractivity contribution in [2.24, 2.45) is 0 Å². The van der Waals surface area contributed by atoms with E-state index in [-0.39, 0.29) is 30.6 Å². The number of anilines is 1. The highest BCUT2D eigenvalue weighted by Gasteiger charge is 2.28. The topological polar surface area (TPSA) is 85.9 Å². The van der Waals surface area contributed by atoms with Crippen molar-refractivity contribution < 1.29 is 23.8 Å². The van der Waals surface area contributed by atoms with Gasteiger partial charge in [-0.3, -0.25) is 9.59 Å². The van der Waals surface area contributed by atoms with Gasteiger partial charge in [-0.2, -0.15) is 0 Å². The van der Waals surface area contributed by atoms with Crippen LogP contribution in [-0.2, 0) is 14.3 Å². The molecule has 2 N–H and O–H groups in total. The molecule has 140 valence electrons. The van der Waals surface area contributed by atoms with Crippen LogP contribution in [0.15, 0.2) is 29.8 Å². The number of carbonyl (C=O) groups is 2. The first-order chi connectivity index (χ1) is 12.5. The summed E-state index contributed by atoms with van der Waals surface area (Å²) in [7, 11) is 0. The molecule has 2 amide bonds. The molecule has 0 aromatic heterocycles. The fourth-order valence-corrected chi connectivity index (χ4v) is 2.86. The molecule has 1 aromatic rings. The van der Waals surface area contributed by atoms with Crippen LogP contribution in [0.5, 0.6) is 5.75 Å². The number of carbonyl (C=O) groups excluding carboxylic acids is 2. The number of fused-ring (bicyclic) bond motifs is 1. The smallest absolute Gasteiger partial charge is 0.262 e. The first kappa shape index (κ1) is 18.4. The van der Waals surface area contributed by atoms with E-state index >= 15 is 0 Å². The van der Waals surface area contributed by atoms with E-state index < -0.39 is 0 Å². The van der Waals surface area contributed by atoms with Gasteiger partial charge < -0.3 is 24.8 Å². The third kappa shape index (κ3) is 4.62. The molecule has 3 rings (SSSR count). The zero-order valence-corrected chi connectivity index (χ0v) is 15.0. The summed E-state index contributed by atoms with van der Waals surface area (Å²) in [5.74, 6) is 0.0681. The molecule has 0 spiro atoms. The monoisotopic (exact) mass is 360 g/mol. The van der Waals surface area contributed by atoms with Gasteiger partial charge in [-0.25, -0.2) is 0 Å². The van der Waals surface area contributed by atoms with E-state index in [9.17, 15) is 9.59 Å². The highest BCUT2D eigenvalue weighted by molar-refractivity contribution is 5.99. The van der Waals surface area contributed by atoms with Crippen LogP contribution in [0.25, 0.3) is 0 Å². The fourth-order valence-electron chi connectivity index (χ4n) is 2.86. The van der Waals surface area contributed by atoms with Crippen LogP contribution in [0.2, 0.25) is 0 Å². The van der Waals surface area contributed by atoms with Crippen molar-refractivity contribution in [3.05, 3.63) is 35.4 Å². The molecule has 1 fully saturated rings. The summed E-state index contributed by atoms with van der Waals surface area (Å²) in [6, 6.07) is 4.75. The van der Waals surface area contributed by atoms with Gasteiger partial charge in [-0.1, -0.05) is 11.6 Å². The number of hydrogen-bond donors (Lipinski definition) is 2. The second-order valence-electron chi connectivity index (χ2n) is 6.64. The number of nitrogens with one attached hydrogen (secondary N) is 2. The Hall–Kier alpha value is -2.38. The Bertz CT molecular complexity index is 712. The normalized spacial score (nSPS) is 21.8. The number of benzene rings is 1. The minimum atomic E-state index is -0.223. The minimum Gasteiger partial charge on any atom is -0.482 e. The van der Waals surface area contributed by atoms with Gasteiger partial charge >= 0.3 is 0 Å². The lowest BCUT2D eigenvalue weighted by Crippen LogP contribution is -2.50. The van der Waals surface area contributed by atoms with Gasteiger partial charge in [0.25, 0.3) is 11.8 Å². The van der Waals surface area contributed by atoms with Crippen molar-refractivity contribution in [1.29, 1.82) is 0 Å². The van der Waals surface area contributed by atoms with Crippen LogP contribution >= 0.6 is 0 Å². The SMILES string of the molecule is CC(C)=CCO[C@@H]1CCOC[C@@H]1NC(=O)c1ccc2c(c1)OCC(=O)N2. The van der Waals surface area contributed by atoms with E-state index in [1.807, 2.05) is 19.9 Å². The van der Waals surface area contributed by atoms with Gasteiger partial charge in [0.15, 0.2) is 6.61 Å². The summed E-state index contributed by atoms with van der Waals surface area (Å²) in [5.41, 5.74) is 2.23. The number of ether oxygens (including phenoxy) is 3. The molecule has 2 aliphatic rings. The van der Waals surface area contributed by atoms with Crippen LogP contribution in [0.3, 0.4) is 0 Å². The third-order valence-electron chi connectivity index (χ3n) is 4.29. The lowest BCUT2D eigenvalue weighted by atomic mass is 10.1. The molecule has 1 aromatic carbocycles. The molecule has 0 unspecified atom stereocenters. The molecule has 2 atom stereocenters. The van der Waals surface area contributed by atoms with Crippen molar-refractivity contribution in [3.63, 3.8) is 0 Å². The van der Waals surface area contributed by atoms with Gasteiger partial charge in [0.1, 0.15) is 5.75 Å². The summed E-state index contributed by atoms with van der Waals surface area (Å²) >= 11 is 0. The van der Waals surface area contributed by atoms with Gasteiger partial charge in [-0.15, -0.1) is 0 Å². The van der Waals surface area contributed by atoms with Crippen molar-refractivity contribution >= 4 is 17.5 Å². The molecule has 0 aliphatic carbocycles. The Morgan fingerprint density at radius 1 is 1.42 bits per heavy atom. The number of amides is 2. The van der Waals surface area contributed by atoms with E-state index in [4.69, 9.17) is 14.2 Å². The highest BCUT2D eigenvalue weighted by atomic mass is 16.5. The van der Waals surface area contributed by atoms with Gasteiger partial charge in [-0.05, 0) is 38.5 Å². The van der Waals surface area contributed by atoms with Gasteiger partial charge in [0.2, 0.25) is 0 Å². The molecule has 26 heavy (non-hydrogen) atoms. The van der Waals surface area contributed by atoms with E-state index in [0.29, 0.717) is 36.8 Å². The van der Waals surface area contributed by atoms with Gasteiger partial charge in [0.05, 0.1) is 31.0 Å². The molecule has 0 bridgehead atoms. The quantitative estimate of drug-likeness (QED) is 0.783. The maximum Gasteiger partial charge on any atom is 0.262 e. The number of allylic oxidation sites excluding steroid dienone is 1. The van der Waals surface area contributed by atoms with E-state index in [2.05, 4.69) is 10.6 Å². The summed E-state index contributed by atoms with van der Waals surface area (Å²) in [6.45, 7) is 5.56. The Morgan fingerprint density at radius 2 is 2.27 bits per heavy atom. The first-order valence-corrected chi connectivity index (χ1v) is 8.73. The molecule has 7 heteroatoms. The zero-order chi connectivity index (χ0) is 18.5. The van der Waals surface area contributed by atoms with E-state index in [0.717, 1.165) is 6.42 Å². The highest BCUT2D eigenvalue weighted by Crippen LogP contribution is 2.28. The largest absolute Gasteiger partial charge is 0.482 e. The molecule has 0 saturated carbocycles. The van der Waals surface area contributed by atoms with E-state index in [1.165, 1.54) is 5.57 Å². The Kier molecular flexibility index (Phi) is 5.90. The summed E-state index contributed by atoms with van der Waals surface area (Å²) in [4.78, 5) is 23.9. The zero-order valence-electron chi connectivity index (χ0n) is 15.0. The average Bonchev–Trinajstić information content (AvgIpc) is 2.62. The Labute approximate surface area is 152 Å². The van der Waals surface area contributed by atoms with Crippen LogP contribution < -0.4 is 15.4 Å². The molecular formula is C19H24N2O5. The van der Waals surface area contributed by atoms with Crippen molar-refractivity contribution in [2.75, 3.05) is 31.7 Å². The van der Waals surface area contributed by atoms with Crippen molar-refractivity contribution in [2.45, 2.75) is 32.4 Å². The molecular weight excluding hydrogens is 336 g/mol. The maximum atomic E-state index is 12.6. The lowest BCUT2D eigenvalue weighted by Gasteiger charge is -2.32. The first-order valence-electron chi connectivity index (χ1n) is 8.73. The second-order valence-corrected chi connectivity index (χ2v) is 6.64. The average molecular weight is 360 g/mol. The van der Waals surface area contributed by atoms with E-state index in [1.54, 1.807) is 18.2 Å². The second kappa shape index (κ2) is 8.33. The molecule has 0 radical (unpaired) electrons.